The van der Waals surface area contributed by atoms with Gasteiger partial charge >= 0.3 is 0 Å². The van der Waals surface area contributed by atoms with Gasteiger partial charge in [-0.15, -0.1) is 11.3 Å². The summed E-state index contributed by atoms with van der Waals surface area (Å²) in [7, 11) is 0. The van der Waals surface area contributed by atoms with Crippen LogP contribution in [0.15, 0.2) is 0 Å². The predicted molar refractivity (Wildman–Crippen MR) is 73.0 cm³/mol. The highest BCUT2D eigenvalue weighted by Gasteiger charge is 2.48. The van der Waals surface area contributed by atoms with E-state index in [1.807, 2.05) is 0 Å². The van der Waals surface area contributed by atoms with Gasteiger partial charge in [-0.25, -0.2) is 9.97 Å². The maximum Gasteiger partial charge on any atom is 0.141 e. The van der Waals surface area contributed by atoms with Gasteiger partial charge in [-0.1, -0.05) is 25.4 Å². The Bertz CT molecular complexity index is 615. The highest BCUT2D eigenvalue weighted by Crippen LogP contribution is 2.58. The van der Waals surface area contributed by atoms with E-state index in [4.69, 9.17) is 16.6 Å². The number of thiophene rings is 1. The number of halogens is 1. The molecule has 2 nitrogen and oxygen atoms in total. The molecule has 1 fully saturated rings. The van der Waals surface area contributed by atoms with E-state index in [-0.39, 0.29) is 0 Å². The molecule has 2 aromatic heterocycles. The molecule has 17 heavy (non-hydrogen) atoms. The summed E-state index contributed by atoms with van der Waals surface area (Å²) in [6.45, 7) is 8.71. The molecular weight excluding hydrogens is 252 g/mol. The lowest BCUT2D eigenvalue weighted by molar-refractivity contribution is 0.609. The minimum absolute atomic E-state index is 0.346. The summed E-state index contributed by atoms with van der Waals surface area (Å²) < 4.78 is 0. The fourth-order valence-electron chi connectivity index (χ4n) is 2.28. The Morgan fingerprint density at radius 1 is 1.29 bits per heavy atom. The van der Waals surface area contributed by atoms with Gasteiger partial charge in [-0.2, -0.15) is 0 Å². The van der Waals surface area contributed by atoms with Crippen LogP contribution in [-0.4, -0.2) is 9.97 Å². The molecule has 1 aliphatic rings. The van der Waals surface area contributed by atoms with E-state index >= 15 is 0 Å². The molecule has 2 heterocycles. The molecule has 1 unspecified atom stereocenters. The Kier molecular flexibility index (Phi) is 2.30. The first kappa shape index (κ1) is 11.4. The van der Waals surface area contributed by atoms with E-state index in [0.29, 0.717) is 16.5 Å². The van der Waals surface area contributed by atoms with Crippen LogP contribution in [0.25, 0.3) is 10.2 Å². The fourth-order valence-corrected chi connectivity index (χ4v) is 3.69. The van der Waals surface area contributed by atoms with Crippen LogP contribution in [0.5, 0.6) is 0 Å². The lowest BCUT2D eigenvalue weighted by Gasteiger charge is -2.03. The molecule has 90 valence electrons. The SMILES string of the molecule is Cc1sc2nc(C3CC3(C)C)nc(Cl)c2c1C. The van der Waals surface area contributed by atoms with Crippen LogP contribution in [0.2, 0.25) is 5.15 Å². The third kappa shape index (κ3) is 1.67. The second kappa shape index (κ2) is 3.42. The number of aromatic nitrogens is 2. The van der Waals surface area contributed by atoms with Crippen LogP contribution in [0, 0.1) is 19.3 Å². The first-order chi connectivity index (χ1) is 7.90. The van der Waals surface area contributed by atoms with E-state index in [2.05, 4.69) is 32.7 Å². The number of fused-ring (bicyclic) bond motifs is 1. The summed E-state index contributed by atoms with van der Waals surface area (Å²) >= 11 is 8.02. The summed E-state index contributed by atoms with van der Waals surface area (Å²) in [5, 5.41) is 1.66. The van der Waals surface area contributed by atoms with Crippen molar-refractivity contribution < 1.29 is 0 Å². The summed E-state index contributed by atoms with van der Waals surface area (Å²) in [5.74, 6) is 1.40. The van der Waals surface area contributed by atoms with Crippen LogP contribution >= 0.6 is 22.9 Å². The van der Waals surface area contributed by atoms with Gasteiger partial charge in [-0.3, -0.25) is 0 Å². The first-order valence-electron chi connectivity index (χ1n) is 5.83. The third-order valence-corrected chi connectivity index (χ3v) is 5.20. The van der Waals surface area contributed by atoms with Gasteiger partial charge in [0.25, 0.3) is 0 Å². The van der Waals surface area contributed by atoms with Gasteiger partial charge in [0.1, 0.15) is 15.8 Å². The van der Waals surface area contributed by atoms with Crippen LogP contribution < -0.4 is 0 Å². The van der Waals surface area contributed by atoms with E-state index in [9.17, 15) is 0 Å². The molecule has 2 aromatic rings. The maximum atomic E-state index is 6.30. The van der Waals surface area contributed by atoms with Gasteiger partial charge < -0.3 is 0 Å². The Labute approximate surface area is 110 Å². The summed E-state index contributed by atoms with van der Waals surface area (Å²) in [5.41, 5.74) is 1.56. The van der Waals surface area contributed by atoms with Gasteiger partial charge in [-0.05, 0) is 31.2 Å². The third-order valence-electron chi connectivity index (χ3n) is 3.83. The second-order valence-corrected chi connectivity index (χ2v) is 7.14. The van der Waals surface area contributed by atoms with Crippen molar-refractivity contribution in [2.24, 2.45) is 5.41 Å². The maximum absolute atomic E-state index is 6.30. The van der Waals surface area contributed by atoms with Crippen LogP contribution in [0.1, 0.15) is 42.5 Å². The molecule has 1 aliphatic carbocycles. The molecule has 1 atom stereocenters. The van der Waals surface area contributed by atoms with Gasteiger partial charge in [0.2, 0.25) is 0 Å². The van der Waals surface area contributed by atoms with E-state index in [0.717, 1.165) is 22.5 Å². The van der Waals surface area contributed by atoms with Crippen LogP contribution in [0.3, 0.4) is 0 Å². The highest BCUT2D eigenvalue weighted by atomic mass is 35.5. The molecular formula is C13H15ClN2S. The normalized spacial score (nSPS) is 22.1. The minimum Gasteiger partial charge on any atom is -0.222 e. The van der Waals surface area contributed by atoms with E-state index in [1.165, 1.54) is 10.4 Å². The summed E-state index contributed by atoms with van der Waals surface area (Å²) in [6.07, 6.45) is 1.16. The lowest BCUT2D eigenvalue weighted by atomic mass is 10.1. The number of hydrogen-bond donors (Lipinski definition) is 0. The van der Waals surface area contributed by atoms with Crippen LogP contribution in [-0.2, 0) is 0 Å². The average Bonchev–Trinajstić information content (AvgIpc) is 2.76. The number of hydrogen-bond acceptors (Lipinski definition) is 3. The lowest BCUT2D eigenvalue weighted by Crippen LogP contribution is -1.97. The molecule has 0 spiro atoms. The zero-order chi connectivity index (χ0) is 12.4. The molecule has 0 aromatic carbocycles. The Hall–Kier alpha value is -0.670. The van der Waals surface area contributed by atoms with Gasteiger partial charge in [0.05, 0.1) is 5.39 Å². The Morgan fingerprint density at radius 2 is 1.94 bits per heavy atom. The van der Waals surface area contributed by atoms with Crippen molar-refractivity contribution >= 4 is 33.2 Å². The molecule has 4 heteroatoms. The quantitative estimate of drug-likeness (QED) is 0.712. The number of rotatable bonds is 1. The van der Waals surface area contributed by atoms with Crippen molar-refractivity contribution in [1.29, 1.82) is 0 Å². The molecule has 3 rings (SSSR count). The fraction of sp³-hybridized carbons (Fsp3) is 0.538. The van der Waals surface area contributed by atoms with E-state index < -0.39 is 0 Å². The Balaban J connectivity index is 2.19. The topological polar surface area (TPSA) is 25.8 Å². The molecule has 1 saturated carbocycles. The zero-order valence-corrected chi connectivity index (χ0v) is 12.0. The zero-order valence-electron chi connectivity index (χ0n) is 10.5. The minimum atomic E-state index is 0.346. The van der Waals surface area contributed by atoms with Crippen LogP contribution in [0.4, 0.5) is 0 Å². The van der Waals surface area contributed by atoms with Crippen molar-refractivity contribution in [2.75, 3.05) is 0 Å². The average molecular weight is 267 g/mol. The van der Waals surface area contributed by atoms with Crippen molar-refractivity contribution in [1.82, 2.24) is 9.97 Å². The second-order valence-electron chi connectivity index (χ2n) is 5.58. The monoisotopic (exact) mass is 266 g/mol. The molecule has 0 N–H and O–H groups in total. The summed E-state index contributed by atoms with van der Waals surface area (Å²) in [4.78, 5) is 11.5. The molecule has 0 aliphatic heterocycles. The van der Waals surface area contributed by atoms with Gasteiger partial charge in [0, 0.05) is 10.8 Å². The molecule has 0 bridgehead atoms. The van der Waals surface area contributed by atoms with Crippen molar-refractivity contribution in [2.45, 2.75) is 40.0 Å². The Morgan fingerprint density at radius 3 is 2.53 bits per heavy atom. The van der Waals surface area contributed by atoms with Crippen molar-refractivity contribution in [3.8, 4) is 0 Å². The van der Waals surface area contributed by atoms with Crippen molar-refractivity contribution in [3.05, 3.63) is 21.4 Å². The van der Waals surface area contributed by atoms with Crippen molar-refractivity contribution in [3.63, 3.8) is 0 Å². The molecule has 0 saturated heterocycles. The highest BCUT2D eigenvalue weighted by molar-refractivity contribution is 7.18. The first-order valence-corrected chi connectivity index (χ1v) is 7.03. The molecule has 0 amide bonds. The predicted octanol–water partition coefficient (Wildman–Crippen LogP) is 4.48. The smallest absolute Gasteiger partial charge is 0.141 e. The number of nitrogens with zero attached hydrogens (tertiary/aromatic N) is 2. The van der Waals surface area contributed by atoms with Gasteiger partial charge in [0.15, 0.2) is 0 Å². The standard InChI is InChI=1S/C13H15ClN2S/c1-6-7(2)17-12-9(6)10(14)15-11(16-12)8-5-13(8,3)4/h8H,5H2,1-4H3. The molecule has 0 radical (unpaired) electrons. The number of aryl methyl sites for hydroxylation is 2. The van der Waals surface area contributed by atoms with E-state index in [1.54, 1.807) is 11.3 Å². The largest absolute Gasteiger partial charge is 0.222 e. The summed E-state index contributed by atoms with van der Waals surface area (Å²) in [6, 6.07) is 0.